The van der Waals surface area contributed by atoms with Crippen LogP contribution >= 0.6 is 0 Å². The van der Waals surface area contributed by atoms with Crippen molar-refractivity contribution in [2.75, 3.05) is 6.54 Å². The Bertz CT molecular complexity index is 693. The van der Waals surface area contributed by atoms with Gasteiger partial charge in [0.15, 0.2) is 0 Å². The molecule has 4 atom stereocenters. The number of amides is 2. The van der Waals surface area contributed by atoms with Gasteiger partial charge in [-0.05, 0) is 38.3 Å². The van der Waals surface area contributed by atoms with Crippen molar-refractivity contribution in [2.24, 2.45) is 5.41 Å². The van der Waals surface area contributed by atoms with Crippen LogP contribution in [0.5, 0.6) is 0 Å². The molecular formula is C20H29N3O3. The van der Waals surface area contributed by atoms with Gasteiger partial charge in [-0.15, -0.1) is 0 Å². The number of hydrogen-bond acceptors (Lipinski definition) is 4. The third kappa shape index (κ3) is 3.47. The number of pyridine rings is 1. The van der Waals surface area contributed by atoms with Crippen molar-refractivity contribution in [1.82, 2.24) is 15.2 Å². The summed E-state index contributed by atoms with van der Waals surface area (Å²) in [5.41, 5.74) is 0.874. The van der Waals surface area contributed by atoms with Crippen LogP contribution in [0.25, 0.3) is 0 Å². The first kappa shape index (κ1) is 18.8. The van der Waals surface area contributed by atoms with E-state index in [1.807, 2.05) is 24.0 Å². The van der Waals surface area contributed by atoms with E-state index in [1.54, 1.807) is 13.0 Å². The fraction of sp³-hybridized carbons (Fsp3) is 0.650. The molecule has 2 N–H and O–H groups in total. The quantitative estimate of drug-likeness (QED) is 0.865. The zero-order valence-electron chi connectivity index (χ0n) is 15.9. The molecule has 0 aromatic carbocycles. The molecule has 26 heavy (non-hydrogen) atoms. The van der Waals surface area contributed by atoms with Gasteiger partial charge in [0.25, 0.3) is 5.91 Å². The number of nitrogens with zero attached hydrogens (tertiary/aromatic N) is 2. The van der Waals surface area contributed by atoms with Crippen LogP contribution in [-0.2, 0) is 4.79 Å². The van der Waals surface area contributed by atoms with Crippen LogP contribution in [0.15, 0.2) is 18.2 Å². The fourth-order valence-corrected chi connectivity index (χ4v) is 4.76. The lowest BCUT2D eigenvalue weighted by Crippen LogP contribution is -2.48. The highest BCUT2D eigenvalue weighted by Gasteiger charge is 2.54. The summed E-state index contributed by atoms with van der Waals surface area (Å²) in [6.07, 6.45) is 4.02. The Hall–Kier alpha value is -1.95. The van der Waals surface area contributed by atoms with Crippen molar-refractivity contribution in [1.29, 1.82) is 0 Å². The van der Waals surface area contributed by atoms with E-state index in [2.05, 4.69) is 17.2 Å². The Kier molecular flexibility index (Phi) is 5.32. The minimum atomic E-state index is -0.406. The highest BCUT2D eigenvalue weighted by atomic mass is 16.3. The summed E-state index contributed by atoms with van der Waals surface area (Å²) < 4.78 is 0. The lowest BCUT2D eigenvalue weighted by molar-refractivity contribution is -0.133. The van der Waals surface area contributed by atoms with Crippen molar-refractivity contribution >= 4 is 11.8 Å². The molecule has 0 spiro atoms. The molecule has 1 aromatic heterocycles. The number of aliphatic hydroxyl groups excluding tert-OH is 1. The summed E-state index contributed by atoms with van der Waals surface area (Å²) in [4.78, 5) is 30.9. The van der Waals surface area contributed by atoms with Gasteiger partial charge in [-0.25, -0.2) is 4.98 Å². The van der Waals surface area contributed by atoms with Crippen molar-refractivity contribution in [3.05, 3.63) is 29.6 Å². The molecule has 1 aromatic rings. The predicted octanol–water partition coefficient (Wildman–Crippen LogP) is 2.05. The number of aromatic nitrogens is 1. The average molecular weight is 359 g/mol. The zero-order valence-corrected chi connectivity index (χ0v) is 15.9. The van der Waals surface area contributed by atoms with Gasteiger partial charge in [-0.2, -0.15) is 0 Å². The van der Waals surface area contributed by atoms with Crippen LogP contribution in [0.1, 0.15) is 62.1 Å². The predicted molar refractivity (Wildman–Crippen MR) is 98.6 cm³/mol. The molecule has 0 bridgehead atoms. The first-order valence-electron chi connectivity index (χ1n) is 9.52. The van der Waals surface area contributed by atoms with E-state index < -0.39 is 6.10 Å². The maximum absolute atomic E-state index is 12.4. The van der Waals surface area contributed by atoms with E-state index in [9.17, 15) is 14.7 Å². The average Bonchev–Trinajstić information content (AvgIpc) is 2.81. The molecule has 0 unspecified atom stereocenters. The summed E-state index contributed by atoms with van der Waals surface area (Å²) in [7, 11) is 0. The minimum absolute atomic E-state index is 0.0146. The number of fused-ring (bicyclic) bond motifs is 1. The van der Waals surface area contributed by atoms with E-state index in [1.165, 1.54) is 0 Å². The molecule has 0 radical (unpaired) electrons. The van der Waals surface area contributed by atoms with Crippen molar-refractivity contribution < 1.29 is 14.7 Å². The van der Waals surface area contributed by atoms with Crippen molar-refractivity contribution in [2.45, 2.75) is 71.1 Å². The number of likely N-dealkylation sites (tertiary alicyclic amines) is 1. The molecule has 3 rings (SSSR count). The Morgan fingerprint density at radius 1 is 1.35 bits per heavy atom. The molecule has 1 saturated carbocycles. The topological polar surface area (TPSA) is 82.5 Å². The Labute approximate surface area is 155 Å². The van der Waals surface area contributed by atoms with Crippen LogP contribution in [0, 0.1) is 12.3 Å². The number of aryl methyl sites for hydroxylation is 1. The van der Waals surface area contributed by atoms with E-state index >= 15 is 0 Å². The number of hydrogen-bond donors (Lipinski definition) is 2. The zero-order chi connectivity index (χ0) is 18.9. The molecule has 6 nitrogen and oxygen atoms in total. The summed E-state index contributed by atoms with van der Waals surface area (Å²) in [6.45, 7) is 5.90. The standard InChI is InChI=1S/C20H29N3O3/c1-13-7-6-8-16(22-13)19(26)21-12-15-11-20(3)17(23(15)14(2)24)9-4-5-10-18(20)25/h6-8,15,17-18,25H,4-5,9-12H2,1-3H3,(H,21,26)/t15-,17-,18+,20-/m1/s1. The van der Waals surface area contributed by atoms with E-state index in [-0.39, 0.29) is 29.3 Å². The van der Waals surface area contributed by atoms with Crippen LogP contribution in [0.4, 0.5) is 0 Å². The molecule has 2 aliphatic rings. The second kappa shape index (κ2) is 7.35. The number of rotatable bonds is 3. The van der Waals surface area contributed by atoms with Crippen molar-refractivity contribution in [3.8, 4) is 0 Å². The minimum Gasteiger partial charge on any atom is -0.392 e. The van der Waals surface area contributed by atoms with Gasteiger partial charge in [0.1, 0.15) is 5.69 Å². The Morgan fingerprint density at radius 3 is 2.77 bits per heavy atom. The van der Waals surface area contributed by atoms with Gasteiger partial charge >= 0.3 is 0 Å². The van der Waals surface area contributed by atoms with Crippen LogP contribution < -0.4 is 5.32 Å². The van der Waals surface area contributed by atoms with Gasteiger partial charge in [0, 0.05) is 30.6 Å². The van der Waals surface area contributed by atoms with Gasteiger partial charge in [0.05, 0.1) is 12.1 Å². The van der Waals surface area contributed by atoms with E-state index in [4.69, 9.17) is 0 Å². The second-order valence-electron chi connectivity index (χ2n) is 7.98. The molecule has 1 saturated heterocycles. The number of carbonyl (C=O) groups excluding carboxylic acids is 2. The number of carbonyl (C=O) groups is 2. The lowest BCUT2D eigenvalue weighted by Gasteiger charge is -2.37. The summed E-state index contributed by atoms with van der Waals surface area (Å²) >= 11 is 0. The Balaban J connectivity index is 1.74. The maximum Gasteiger partial charge on any atom is 0.269 e. The monoisotopic (exact) mass is 359 g/mol. The number of nitrogens with one attached hydrogen (secondary N) is 1. The van der Waals surface area contributed by atoms with Crippen LogP contribution in [0.2, 0.25) is 0 Å². The highest BCUT2D eigenvalue weighted by molar-refractivity contribution is 5.92. The SMILES string of the molecule is CC(=O)N1[C@@H](CNC(=O)c2cccc(C)n2)C[C@@]2(C)[C@@H](O)CCCC[C@@H]12. The molecule has 1 aliphatic carbocycles. The summed E-state index contributed by atoms with van der Waals surface area (Å²) in [5, 5.41) is 13.6. The third-order valence-electron chi connectivity index (χ3n) is 6.12. The molecule has 1 aliphatic heterocycles. The molecule has 6 heteroatoms. The van der Waals surface area contributed by atoms with E-state index in [0.717, 1.165) is 31.4 Å². The van der Waals surface area contributed by atoms with Crippen molar-refractivity contribution in [3.63, 3.8) is 0 Å². The molecule has 2 fully saturated rings. The van der Waals surface area contributed by atoms with Gasteiger partial charge in [-0.1, -0.05) is 25.8 Å². The smallest absolute Gasteiger partial charge is 0.269 e. The van der Waals surface area contributed by atoms with Gasteiger partial charge in [0.2, 0.25) is 5.91 Å². The second-order valence-corrected chi connectivity index (χ2v) is 7.98. The first-order chi connectivity index (χ1) is 12.3. The maximum atomic E-state index is 12.4. The lowest BCUT2D eigenvalue weighted by atomic mass is 9.75. The number of aliphatic hydroxyl groups is 1. The van der Waals surface area contributed by atoms with E-state index in [0.29, 0.717) is 18.7 Å². The van der Waals surface area contributed by atoms with Gasteiger partial charge < -0.3 is 15.3 Å². The molecular weight excluding hydrogens is 330 g/mol. The first-order valence-corrected chi connectivity index (χ1v) is 9.52. The summed E-state index contributed by atoms with van der Waals surface area (Å²) in [6, 6.07) is 5.29. The normalized spacial score (nSPS) is 31.2. The van der Waals surface area contributed by atoms with Crippen LogP contribution in [0.3, 0.4) is 0 Å². The largest absolute Gasteiger partial charge is 0.392 e. The molecule has 142 valence electrons. The molecule has 2 heterocycles. The fourth-order valence-electron chi connectivity index (χ4n) is 4.76. The third-order valence-corrected chi connectivity index (χ3v) is 6.12. The highest BCUT2D eigenvalue weighted by Crippen LogP contribution is 2.48. The Morgan fingerprint density at radius 2 is 2.08 bits per heavy atom. The summed E-state index contributed by atoms with van der Waals surface area (Å²) in [5.74, 6) is -0.212. The molecule has 2 amide bonds. The van der Waals surface area contributed by atoms with Crippen LogP contribution in [-0.4, -0.2) is 51.5 Å². The van der Waals surface area contributed by atoms with Gasteiger partial charge in [-0.3, -0.25) is 9.59 Å².